The number of morpholine rings is 1. The molecule has 0 radical (unpaired) electrons. The Bertz CT molecular complexity index is 901. The number of hydrogen-bond donors (Lipinski definition) is 1. The fourth-order valence-corrected chi connectivity index (χ4v) is 2.85. The number of hydrogen-bond acceptors (Lipinski definition) is 3. The number of fused-ring (bicyclic) bond motifs is 1. The summed E-state index contributed by atoms with van der Waals surface area (Å²) in [7, 11) is 0. The molecule has 3 aromatic rings. The molecule has 6 heteroatoms. The van der Waals surface area contributed by atoms with E-state index in [1.165, 1.54) is 6.08 Å². The molecule has 0 atom stereocenters. The number of carbonyl (C=O) groups excluding carboxylic acids is 1. The molecule has 0 saturated carbocycles. The third-order valence-corrected chi connectivity index (χ3v) is 4.29. The number of nitrogens with zero attached hydrogens (tertiary/aromatic N) is 2. The molecule has 1 aliphatic heterocycles. The van der Waals surface area contributed by atoms with Crippen LogP contribution in [0.1, 0.15) is 0 Å². The quantitative estimate of drug-likeness (QED) is 0.696. The number of ether oxygens (including phenoxy) is 1. The molecule has 1 N–H and O–H groups in total. The zero-order chi connectivity index (χ0) is 18.4. The van der Waals surface area contributed by atoms with Gasteiger partial charge in [-0.25, -0.2) is 0 Å². The first-order valence-electron chi connectivity index (χ1n) is 8.35. The van der Waals surface area contributed by atoms with Gasteiger partial charge in [0, 0.05) is 47.0 Å². The summed E-state index contributed by atoms with van der Waals surface area (Å²) in [5.74, 6) is 0.00306. The van der Waals surface area contributed by atoms with E-state index in [2.05, 4.69) is 16.5 Å². The molecule has 0 spiro atoms. The van der Waals surface area contributed by atoms with Crippen LogP contribution in [0.4, 0.5) is 0 Å². The Morgan fingerprint density at radius 3 is 2.81 bits per heavy atom. The second-order valence-electron chi connectivity index (χ2n) is 5.79. The Labute approximate surface area is 157 Å². The lowest BCUT2D eigenvalue weighted by Gasteiger charge is -2.25. The van der Waals surface area contributed by atoms with Gasteiger partial charge in [-0.15, -0.1) is 0 Å². The van der Waals surface area contributed by atoms with E-state index < -0.39 is 0 Å². The highest BCUT2D eigenvalue weighted by atomic mass is 35.5. The normalized spacial score (nSPS) is 13.8. The highest BCUT2D eigenvalue weighted by molar-refractivity contribution is 6.30. The summed E-state index contributed by atoms with van der Waals surface area (Å²) >= 11 is 5.96. The van der Waals surface area contributed by atoms with Crippen molar-refractivity contribution in [3.05, 3.63) is 66.5 Å². The lowest BCUT2D eigenvalue weighted by atomic mass is 10.1. The molecule has 1 aromatic carbocycles. The Kier molecular flexibility index (Phi) is 6.04. The highest BCUT2D eigenvalue weighted by Crippen LogP contribution is 2.23. The van der Waals surface area contributed by atoms with Crippen molar-refractivity contribution < 1.29 is 9.53 Å². The van der Waals surface area contributed by atoms with Crippen molar-refractivity contribution in [1.29, 1.82) is 0 Å². The molecule has 0 bridgehead atoms. The average Bonchev–Trinajstić information content (AvgIpc) is 3.16. The average molecular weight is 370 g/mol. The maximum Gasteiger partial charge on any atom is 0.246 e. The van der Waals surface area contributed by atoms with E-state index in [0.717, 1.165) is 27.2 Å². The summed E-state index contributed by atoms with van der Waals surface area (Å²) in [6.45, 7) is 6.11. The fourth-order valence-electron chi connectivity index (χ4n) is 2.66. The zero-order valence-corrected chi connectivity index (χ0v) is 15.1. The lowest BCUT2D eigenvalue weighted by molar-refractivity contribution is -0.129. The van der Waals surface area contributed by atoms with E-state index in [9.17, 15) is 4.79 Å². The number of aromatic nitrogens is 2. The number of rotatable bonds is 2. The van der Waals surface area contributed by atoms with E-state index in [0.29, 0.717) is 26.3 Å². The van der Waals surface area contributed by atoms with Crippen molar-refractivity contribution in [3.63, 3.8) is 0 Å². The maximum absolute atomic E-state index is 10.9. The van der Waals surface area contributed by atoms with Crippen LogP contribution in [0, 0.1) is 0 Å². The molecule has 1 amide bonds. The Balaban J connectivity index is 0.000000170. The fraction of sp³-hybridized carbons (Fsp3) is 0.200. The van der Waals surface area contributed by atoms with Gasteiger partial charge in [-0.2, -0.15) is 0 Å². The van der Waals surface area contributed by atoms with Crippen LogP contribution >= 0.6 is 11.6 Å². The standard InChI is InChI=1S/C13H9ClN2.C7H11NO2/c14-11-3-1-2-9(6-11)12-7-13-10(8-16-12)4-5-15-13;1-2-7(9)8-3-5-10-6-4-8/h1-8,15H;2H,1,3-6H2. The van der Waals surface area contributed by atoms with Crippen LogP contribution in [0.15, 0.2) is 61.4 Å². The number of H-pyrrole nitrogens is 1. The molecule has 134 valence electrons. The predicted molar refractivity (Wildman–Crippen MR) is 104 cm³/mol. The molecule has 1 aliphatic rings. The first-order chi connectivity index (χ1) is 12.7. The second kappa shape index (κ2) is 8.65. The lowest BCUT2D eigenvalue weighted by Crippen LogP contribution is -2.39. The third-order valence-electron chi connectivity index (χ3n) is 4.05. The molecule has 3 heterocycles. The molecule has 4 rings (SSSR count). The van der Waals surface area contributed by atoms with E-state index in [-0.39, 0.29) is 5.91 Å². The number of aromatic amines is 1. The van der Waals surface area contributed by atoms with Crippen molar-refractivity contribution in [1.82, 2.24) is 14.9 Å². The molecular formula is C20H20ClN3O2. The van der Waals surface area contributed by atoms with Gasteiger partial charge in [-0.3, -0.25) is 9.78 Å². The Morgan fingerprint density at radius 1 is 1.27 bits per heavy atom. The largest absolute Gasteiger partial charge is 0.378 e. The zero-order valence-electron chi connectivity index (χ0n) is 14.3. The Hall–Kier alpha value is -2.63. The van der Waals surface area contributed by atoms with Gasteiger partial charge in [0.1, 0.15) is 0 Å². The van der Waals surface area contributed by atoms with Crippen molar-refractivity contribution in [2.75, 3.05) is 26.3 Å². The topological polar surface area (TPSA) is 58.2 Å². The van der Waals surface area contributed by atoms with Crippen LogP contribution in [0.5, 0.6) is 0 Å². The molecule has 1 fully saturated rings. The van der Waals surface area contributed by atoms with Gasteiger partial charge < -0.3 is 14.6 Å². The summed E-state index contributed by atoms with van der Waals surface area (Å²) in [5.41, 5.74) is 3.05. The van der Waals surface area contributed by atoms with Gasteiger partial charge in [0.2, 0.25) is 5.91 Å². The van der Waals surface area contributed by atoms with Crippen molar-refractivity contribution in [3.8, 4) is 11.3 Å². The number of nitrogens with one attached hydrogen (secondary N) is 1. The molecule has 2 aromatic heterocycles. The number of halogens is 1. The van der Waals surface area contributed by atoms with Gasteiger partial charge in [-0.1, -0.05) is 30.3 Å². The van der Waals surface area contributed by atoms with Gasteiger partial charge in [-0.05, 0) is 30.3 Å². The predicted octanol–water partition coefficient (Wildman–Crippen LogP) is 3.91. The minimum atomic E-state index is 0.00306. The Morgan fingerprint density at radius 2 is 2.08 bits per heavy atom. The molecule has 0 aliphatic carbocycles. The van der Waals surface area contributed by atoms with Crippen molar-refractivity contribution in [2.45, 2.75) is 0 Å². The molecule has 1 saturated heterocycles. The minimum absolute atomic E-state index is 0.00306. The van der Waals surface area contributed by atoms with Crippen LogP contribution in [0.3, 0.4) is 0 Å². The van der Waals surface area contributed by atoms with Gasteiger partial charge in [0.05, 0.1) is 18.9 Å². The summed E-state index contributed by atoms with van der Waals surface area (Å²) in [5, 5.41) is 1.84. The van der Waals surface area contributed by atoms with Crippen LogP contribution in [0.2, 0.25) is 5.02 Å². The van der Waals surface area contributed by atoms with E-state index in [1.807, 2.05) is 48.8 Å². The summed E-state index contributed by atoms with van der Waals surface area (Å²) in [6.07, 6.45) is 5.11. The van der Waals surface area contributed by atoms with E-state index >= 15 is 0 Å². The van der Waals surface area contributed by atoms with Crippen LogP contribution in [0.25, 0.3) is 22.2 Å². The monoisotopic (exact) mass is 369 g/mol. The minimum Gasteiger partial charge on any atom is -0.378 e. The number of amides is 1. The molecule has 0 unspecified atom stereocenters. The molecular weight excluding hydrogens is 350 g/mol. The number of benzene rings is 1. The van der Waals surface area contributed by atoms with Crippen LogP contribution in [-0.2, 0) is 9.53 Å². The molecule has 26 heavy (non-hydrogen) atoms. The van der Waals surface area contributed by atoms with Gasteiger partial charge in [0.25, 0.3) is 0 Å². The highest BCUT2D eigenvalue weighted by Gasteiger charge is 2.12. The number of carbonyl (C=O) groups is 1. The van der Waals surface area contributed by atoms with Gasteiger partial charge in [0.15, 0.2) is 0 Å². The molecule has 5 nitrogen and oxygen atoms in total. The SMILES string of the molecule is C=CC(=O)N1CCOCC1.Clc1cccc(-c2cc3[nH]ccc3cn2)c1. The first kappa shape index (κ1) is 18.2. The van der Waals surface area contributed by atoms with Crippen molar-refractivity contribution in [2.24, 2.45) is 0 Å². The second-order valence-corrected chi connectivity index (χ2v) is 6.22. The van der Waals surface area contributed by atoms with Gasteiger partial charge >= 0.3 is 0 Å². The van der Waals surface area contributed by atoms with Crippen molar-refractivity contribution >= 4 is 28.4 Å². The van der Waals surface area contributed by atoms with E-state index in [4.69, 9.17) is 16.3 Å². The smallest absolute Gasteiger partial charge is 0.246 e. The number of pyridine rings is 1. The third kappa shape index (κ3) is 4.50. The summed E-state index contributed by atoms with van der Waals surface area (Å²) in [4.78, 5) is 20.2. The summed E-state index contributed by atoms with van der Waals surface area (Å²) < 4.78 is 5.07. The van der Waals surface area contributed by atoms with E-state index in [1.54, 1.807) is 4.90 Å². The maximum atomic E-state index is 10.9. The van der Waals surface area contributed by atoms with Crippen LogP contribution < -0.4 is 0 Å². The summed E-state index contributed by atoms with van der Waals surface area (Å²) in [6, 6.07) is 11.7. The van der Waals surface area contributed by atoms with Crippen LogP contribution in [-0.4, -0.2) is 47.1 Å². The first-order valence-corrected chi connectivity index (χ1v) is 8.73.